The van der Waals surface area contributed by atoms with E-state index in [2.05, 4.69) is 36.6 Å². The first-order valence-electron chi connectivity index (χ1n) is 13.3. The van der Waals surface area contributed by atoms with E-state index < -0.39 is 11.2 Å². The highest BCUT2D eigenvalue weighted by Gasteiger charge is 2.33. The zero-order valence-corrected chi connectivity index (χ0v) is 23.9. The Morgan fingerprint density at radius 3 is 2.24 bits per heavy atom. The highest BCUT2D eigenvalue weighted by molar-refractivity contribution is 7.80. The van der Waals surface area contributed by atoms with E-state index in [1.165, 1.54) is 30.5 Å². The maximum absolute atomic E-state index is 12.7. The molecule has 1 saturated heterocycles. The molecule has 3 atom stereocenters. The maximum Gasteiger partial charge on any atom is 0.227 e. The molecule has 0 aromatic heterocycles. The molecule has 9 heteroatoms. The molecule has 210 valence electrons. The number of carbonyl (C=O) groups is 2. The average molecular weight is 547 g/mol. The first-order valence-corrected chi connectivity index (χ1v) is 14.4. The molecular formula is C29H43FN4O3S. The first kappa shape index (κ1) is 31.8. The van der Waals surface area contributed by atoms with Crippen molar-refractivity contribution in [2.24, 2.45) is 17.8 Å². The van der Waals surface area contributed by atoms with Crippen molar-refractivity contribution in [1.29, 1.82) is 0 Å². The van der Waals surface area contributed by atoms with Gasteiger partial charge in [0.05, 0.1) is 6.54 Å². The number of aldehydes is 1. The van der Waals surface area contributed by atoms with Gasteiger partial charge >= 0.3 is 0 Å². The van der Waals surface area contributed by atoms with Crippen molar-refractivity contribution in [3.8, 4) is 0 Å². The molecule has 2 aromatic rings. The van der Waals surface area contributed by atoms with Crippen molar-refractivity contribution >= 4 is 29.1 Å². The van der Waals surface area contributed by atoms with Gasteiger partial charge in [0.2, 0.25) is 5.91 Å². The van der Waals surface area contributed by atoms with E-state index in [0.717, 1.165) is 44.8 Å². The number of anilines is 1. The molecule has 0 spiro atoms. The SMILES string of the molecule is CNCC(C)CC(C)C(=O)Nc1ccc(F)cc1.Cc1ccccc1.O=CCN1CCN(CC2CC2)S1=O. The molecule has 0 radical (unpaired) electrons. The van der Waals surface area contributed by atoms with Crippen LogP contribution < -0.4 is 10.6 Å². The normalized spacial score (nSPS) is 18.8. The lowest BCUT2D eigenvalue weighted by atomic mass is 9.96. The fraction of sp³-hybridized carbons (Fsp3) is 0.517. The Balaban J connectivity index is 0.000000219. The van der Waals surface area contributed by atoms with Gasteiger partial charge in [-0.1, -0.05) is 49.7 Å². The average Bonchev–Trinajstić information content (AvgIpc) is 3.65. The number of nitrogens with one attached hydrogen (secondary N) is 2. The lowest BCUT2D eigenvalue weighted by Gasteiger charge is -2.16. The molecule has 1 aliphatic carbocycles. The summed E-state index contributed by atoms with van der Waals surface area (Å²) in [5.41, 5.74) is 1.96. The van der Waals surface area contributed by atoms with Crippen molar-refractivity contribution in [1.82, 2.24) is 13.9 Å². The predicted octanol–water partition coefficient (Wildman–Crippen LogP) is 4.43. The quantitative estimate of drug-likeness (QED) is 0.432. The van der Waals surface area contributed by atoms with Crippen LogP contribution in [0.4, 0.5) is 10.1 Å². The fourth-order valence-electron chi connectivity index (χ4n) is 4.00. The van der Waals surface area contributed by atoms with Gasteiger partial charge in [-0.3, -0.25) is 4.79 Å². The van der Waals surface area contributed by atoms with Gasteiger partial charge in [0.15, 0.2) is 11.2 Å². The summed E-state index contributed by atoms with van der Waals surface area (Å²) in [5, 5.41) is 5.88. The summed E-state index contributed by atoms with van der Waals surface area (Å²) in [5.74, 6) is 0.829. The molecule has 2 aliphatic rings. The van der Waals surface area contributed by atoms with Gasteiger partial charge in [0.1, 0.15) is 12.1 Å². The van der Waals surface area contributed by atoms with Crippen LogP contribution in [0.25, 0.3) is 0 Å². The number of hydrogen-bond donors (Lipinski definition) is 2. The van der Waals surface area contributed by atoms with Gasteiger partial charge in [-0.15, -0.1) is 0 Å². The second-order valence-corrected chi connectivity index (χ2v) is 11.6. The smallest absolute Gasteiger partial charge is 0.227 e. The van der Waals surface area contributed by atoms with Crippen LogP contribution in [0.5, 0.6) is 0 Å². The molecule has 4 rings (SSSR count). The largest absolute Gasteiger partial charge is 0.326 e. The van der Waals surface area contributed by atoms with Gasteiger partial charge in [-0.2, -0.15) is 0 Å². The third kappa shape index (κ3) is 12.4. The van der Waals surface area contributed by atoms with Crippen LogP contribution in [0.3, 0.4) is 0 Å². The molecule has 38 heavy (non-hydrogen) atoms. The van der Waals surface area contributed by atoms with E-state index in [9.17, 15) is 18.2 Å². The second-order valence-electron chi connectivity index (χ2n) is 10.1. The van der Waals surface area contributed by atoms with Gasteiger partial charge in [-0.05, 0) is 75.9 Å². The van der Waals surface area contributed by atoms with Crippen molar-refractivity contribution < 1.29 is 18.2 Å². The molecule has 1 amide bonds. The zero-order chi connectivity index (χ0) is 27.9. The van der Waals surface area contributed by atoms with Crippen LogP contribution in [-0.4, -0.2) is 64.8 Å². The Labute approximate surface area is 229 Å². The summed E-state index contributed by atoms with van der Waals surface area (Å²) < 4.78 is 28.1. The van der Waals surface area contributed by atoms with Crippen molar-refractivity contribution in [3.05, 3.63) is 66.0 Å². The summed E-state index contributed by atoms with van der Waals surface area (Å²) in [6.45, 7) is 9.85. The monoisotopic (exact) mass is 546 g/mol. The van der Waals surface area contributed by atoms with Crippen molar-refractivity contribution in [2.45, 2.75) is 40.0 Å². The Bertz CT molecular complexity index is 989. The van der Waals surface area contributed by atoms with Gasteiger partial charge in [-0.25, -0.2) is 17.2 Å². The number of carbonyl (C=O) groups excluding carboxylic acids is 2. The minimum absolute atomic E-state index is 0.0236. The highest BCUT2D eigenvalue weighted by atomic mass is 32.2. The van der Waals surface area contributed by atoms with Crippen LogP contribution in [0, 0.1) is 30.5 Å². The molecule has 2 aromatic carbocycles. The number of halogens is 1. The lowest BCUT2D eigenvalue weighted by molar-refractivity contribution is -0.119. The summed E-state index contributed by atoms with van der Waals surface area (Å²) in [6, 6.07) is 16.1. The number of benzene rings is 2. The molecule has 2 fully saturated rings. The molecule has 1 heterocycles. The van der Waals surface area contributed by atoms with Gasteiger partial charge in [0, 0.05) is 31.2 Å². The Kier molecular flexibility index (Phi) is 14.4. The second kappa shape index (κ2) is 17.2. The molecular weight excluding hydrogens is 503 g/mol. The van der Waals surface area contributed by atoms with E-state index >= 15 is 0 Å². The summed E-state index contributed by atoms with van der Waals surface area (Å²) in [7, 11) is 1.90. The topological polar surface area (TPSA) is 81.8 Å². The minimum atomic E-state index is -1.04. The van der Waals surface area contributed by atoms with Gasteiger partial charge < -0.3 is 15.4 Å². The lowest BCUT2D eigenvalue weighted by Crippen LogP contribution is -2.29. The molecule has 2 N–H and O–H groups in total. The molecule has 0 bridgehead atoms. The summed E-state index contributed by atoms with van der Waals surface area (Å²) >= 11 is -1.04. The summed E-state index contributed by atoms with van der Waals surface area (Å²) in [6.07, 6.45) is 4.20. The van der Waals surface area contributed by atoms with Crippen LogP contribution in [0.1, 0.15) is 38.7 Å². The highest BCUT2D eigenvalue weighted by Crippen LogP contribution is 2.31. The fourth-order valence-corrected chi connectivity index (χ4v) is 5.33. The number of hydrogen-bond acceptors (Lipinski definition) is 4. The van der Waals surface area contributed by atoms with Crippen LogP contribution in [-0.2, 0) is 20.8 Å². The molecule has 7 nitrogen and oxygen atoms in total. The third-order valence-electron chi connectivity index (χ3n) is 6.29. The van der Waals surface area contributed by atoms with Crippen molar-refractivity contribution in [3.63, 3.8) is 0 Å². The maximum atomic E-state index is 12.7. The minimum Gasteiger partial charge on any atom is -0.326 e. The van der Waals surface area contributed by atoms with Crippen LogP contribution in [0.15, 0.2) is 54.6 Å². The first-order chi connectivity index (χ1) is 18.2. The standard InChI is InChI=1S/C14H21FN2O.C8H14N2O2S.C7H8/c1-10(9-16-3)8-11(2)14(18)17-13-6-4-12(15)5-7-13;11-6-5-9-3-4-10(13(9)12)7-8-1-2-8;1-7-5-3-2-4-6-7/h4-7,10-11,16H,8-9H2,1-3H3,(H,17,18);6,8H,1-5,7H2;2-6H,1H3. The predicted molar refractivity (Wildman–Crippen MR) is 153 cm³/mol. The Morgan fingerprint density at radius 2 is 1.71 bits per heavy atom. The van der Waals surface area contributed by atoms with Crippen LogP contribution in [0.2, 0.25) is 0 Å². The number of amides is 1. The Hall–Kier alpha value is -2.46. The Morgan fingerprint density at radius 1 is 1.08 bits per heavy atom. The zero-order valence-electron chi connectivity index (χ0n) is 23.1. The van der Waals surface area contributed by atoms with E-state index in [-0.39, 0.29) is 17.6 Å². The van der Waals surface area contributed by atoms with Crippen molar-refractivity contribution in [2.75, 3.05) is 45.1 Å². The molecule has 1 aliphatic heterocycles. The van der Waals surface area contributed by atoms with Crippen LogP contribution >= 0.6 is 0 Å². The third-order valence-corrected chi connectivity index (χ3v) is 7.83. The number of rotatable bonds is 10. The van der Waals surface area contributed by atoms with E-state index in [1.54, 1.807) is 16.4 Å². The molecule has 3 unspecified atom stereocenters. The molecule has 1 saturated carbocycles. The van der Waals surface area contributed by atoms with E-state index in [1.807, 2.05) is 36.5 Å². The number of aryl methyl sites for hydroxylation is 1. The van der Waals surface area contributed by atoms with E-state index in [4.69, 9.17) is 0 Å². The summed E-state index contributed by atoms with van der Waals surface area (Å²) in [4.78, 5) is 22.2. The number of nitrogens with zero attached hydrogens (tertiary/aromatic N) is 2. The van der Waals surface area contributed by atoms with E-state index in [0.29, 0.717) is 18.2 Å². The van der Waals surface area contributed by atoms with Gasteiger partial charge in [0.25, 0.3) is 0 Å².